The summed E-state index contributed by atoms with van der Waals surface area (Å²) in [5, 5.41) is 17.9. The molecule has 6 aliphatic heterocycles. The Morgan fingerprint density at radius 3 is 1.60 bits per heavy atom. The first kappa shape index (κ1) is 104. The molecule has 1 aromatic carbocycles. The fourth-order valence-corrected chi connectivity index (χ4v) is 22.4. The molecule has 51 heteroatoms. The molecule has 764 valence electrons. The third-order valence-electron chi connectivity index (χ3n) is 25.7. The second kappa shape index (κ2) is 46.2. The second-order valence-corrected chi connectivity index (χ2v) is 39.9. The zero-order valence-electron chi connectivity index (χ0n) is 79.4. The van der Waals surface area contributed by atoms with Gasteiger partial charge in [0.25, 0.3) is 45.9 Å². The van der Waals surface area contributed by atoms with Gasteiger partial charge >= 0.3 is 0 Å². The number of hydrogen-bond donors (Lipinski definition) is 16. The number of anilines is 12. The molecule has 43 nitrogen and oxygen atoms in total. The number of fused-ring (bicyclic) bond motifs is 4. The number of H-pyrrole nitrogens is 7. The van der Waals surface area contributed by atoms with Gasteiger partial charge in [-0.05, 0) is 196 Å². The van der Waals surface area contributed by atoms with Crippen molar-refractivity contribution in [1.82, 2.24) is 57.7 Å². The van der Waals surface area contributed by atoms with Crippen molar-refractivity contribution in [3.05, 3.63) is 304 Å². The molecule has 1 saturated carbocycles. The monoisotopic (exact) mass is 2160 g/mol. The molecule has 13 aromatic rings. The molecule has 3 fully saturated rings. The van der Waals surface area contributed by atoms with Gasteiger partial charge < -0.3 is 93.2 Å². The second-order valence-electron chi connectivity index (χ2n) is 35.2. The third-order valence-corrected chi connectivity index (χ3v) is 29.9. The average Bonchev–Trinajstić information content (AvgIpc) is 1.62. The normalized spacial score (nSPS) is 16.0. The molecular formula is C97H96Cl4N30O13S4. The Balaban J connectivity index is 0.000000135. The molecule has 20 rings (SSSR count). The summed E-state index contributed by atoms with van der Waals surface area (Å²) in [6.07, 6.45) is 25.6. The van der Waals surface area contributed by atoms with Crippen LogP contribution in [0.15, 0.2) is 162 Å². The third kappa shape index (κ3) is 22.8. The van der Waals surface area contributed by atoms with Crippen LogP contribution in [0.5, 0.6) is 0 Å². The summed E-state index contributed by atoms with van der Waals surface area (Å²) in [4.78, 5) is 198. The number of benzene rings is 1. The summed E-state index contributed by atoms with van der Waals surface area (Å²) < 4.78 is 21.4. The van der Waals surface area contributed by atoms with Crippen molar-refractivity contribution in [1.29, 1.82) is 0 Å². The average molecular weight is 2160 g/mol. The van der Waals surface area contributed by atoms with E-state index in [1.54, 1.807) is 71.6 Å². The van der Waals surface area contributed by atoms with Crippen LogP contribution >= 0.6 is 92.5 Å². The number of aromatic nitrogens is 11. The number of halogens is 4. The summed E-state index contributed by atoms with van der Waals surface area (Å²) in [5.74, 6) is -0.249. The predicted octanol–water partition coefficient (Wildman–Crippen LogP) is 13.6. The number of nitrogens with zero attached hydrogens (tertiary/aromatic N) is 14. The van der Waals surface area contributed by atoms with E-state index in [-0.39, 0.29) is 136 Å². The molecule has 4 amide bonds. The van der Waals surface area contributed by atoms with Gasteiger partial charge in [-0.1, -0.05) is 78.7 Å². The molecular weight excluding hydrogens is 2060 g/mol. The Hall–Kier alpha value is -15.3. The molecule has 20 N–H and O–H groups in total. The van der Waals surface area contributed by atoms with Gasteiger partial charge in [-0.2, -0.15) is 0 Å². The maximum atomic E-state index is 13.6. The van der Waals surface area contributed by atoms with Crippen LogP contribution in [0.25, 0.3) is 9.69 Å². The minimum atomic E-state index is -0.555. The highest BCUT2D eigenvalue weighted by molar-refractivity contribution is 7.11. The SMILES string of the molecule is CCCC(C)N=C(N)c1c(Nc2cncc(C(=O)N3CCc4c3cc(=O)[nH]c4C3CCCC3)c2)s[nH]c1=O.NC(=NCC1CCCN1)c1c(Nc2c[nH]cc(C(=O)N3CCc4c3cc(Cl)nc4Cl)c2=O)s[nH]c1=O.NC(=NCC1CCCO1)c1c(Nc2c[nH]cc(C(=O)N3CCc4c3cc(Cl)nc4Cl)c2=O)s[nH]c1=O.[C-]#[N+]c1cc([N+]#[C-])c2c(c1)N(C(=O)c1cncc(Nc3s[nH]c(=O)c3C(N)=NCc3ccco3)c1C)CC2. The number of ether oxygens (including phenoxy) is 1. The molecule has 12 aromatic heterocycles. The van der Waals surface area contributed by atoms with Crippen molar-refractivity contribution >= 4 is 216 Å². The highest BCUT2D eigenvalue weighted by Gasteiger charge is 2.38. The van der Waals surface area contributed by atoms with Crippen molar-refractivity contribution in [2.75, 3.05) is 93.3 Å². The Morgan fingerprint density at radius 2 is 1.07 bits per heavy atom. The molecule has 148 heavy (non-hydrogen) atoms. The minimum Gasteiger partial charge on any atom is -0.467 e. The fourth-order valence-electron chi connectivity index (χ4n) is 18.4. The Morgan fingerprint density at radius 1 is 0.554 bits per heavy atom. The van der Waals surface area contributed by atoms with E-state index in [4.69, 9.17) is 91.6 Å². The van der Waals surface area contributed by atoms with Crippen LogP contribution in [0.2, 0.25) is 20.6 Å². The number of rotatable bonds is 26. The number of pyridine rings is 7. The largest absolute Gasteiger partial charge is 0.467 e. The number of nitrogens with two attached hydrogens (primary N) is 4. The van der Waals surface area contributed by atoms with Crippen LogP contribution in [0.3, 0.4) is 0 Å². The lowest BCUT2D eigenvalue weighted by Gasteiger charge is -2.20. The minimum absolute atomic E-state index is 0.000438. The van der Waals surface area contributed by atoms with E-state index in [0.717, 1.165) is 134 Å². The Kier molecular flexibility index (Phi) is 32.5. The van der Waals surface area contributed by atoms with Gasteiger partial charge in [-0.3, -0.25) is 100 Å². The van der Waals surface area contributed by atoms with Crippen LogP contribution < -0.4 is 108 Å². The fraction of sp³-hybridized carbons (Fsp3) is 0.309. The smallest absolute Gasteiger partial charge is 0.271 e. The van der Waals surface area contributed by atoms with Crippen molar-refractivity contribution in [2.45, 2.75) is 141 Å². The first-order valence-electron chi connectivity index (χ1n) is 47.0. The van der Waals surface area contributed by atoms with Gasteiger partial charge in [0, 0.05) is 111 Å². The molecule has 2 saturated heterocycles. The number of nitrogens with one attached hydrogen (secondary N) is 12. The van der Waals surface area contributed by atoms with E-state index in [1.165, 1.54) is 59.3 Å². The molecule has 0 spiro atoms. The molecule has 7 aliphatic rings. The van der Waals surface area contributed by atoms with E-state index in [9.17, 15) is 52.7 Å². The number of amidine groups is 4. The number of furan rings is 1. The van der Waals surface area contributed by atoms with E-state index >= 15 is 0 Å². The van der Waals surface area contributed by atoms with Crippen molar-refractivity contribution in [2.24, 2.45) is 42.9 Å². The van der Waals surface area contributed by atoms with Crippen molar-refractivity contribution < 1.29 is 28.3 Å². The lowest BCUT2D eigenvalue weighted by atomic mass is 9.97. The summed E-state index contributed by atoms with van der Waals surface area (Å²) in [5.41, 5.74) is 32.0. The van der Waals surface area contributed by atoms with E-state index in [1.807, 2.05) is 6.92 Å². The summed E-state index contributed by atoms with van der Waals surface area (Å²) in [6.45, 7) is 24.8. The van der Waals surface area contributed by atoms with Crippen molar-refractivity contribution in [3.8, 4) is 0 Å². The van der Waals surface area contributed by atoms with E-state index in [0.29, 0.717) is 177 Å². The van der Waals surface area contributed by atoms with Gasteiger partial charge in [-0.25, -0.2) is 19.7 Å². The molecule has 0 radical (unpaired) electrons. The highest BCUT2D eigenvalue weighted by Crippen LogP contribution is 2.44. The van der Waals surface area contributed by atoms with Crippen LogP contribution in [0.1, 0.15) is 187 Å². The van der Waals surface area contributed by atoms with Crippen LogP contribution in [0.4, 0.5) is 76.9 Å². The molecule has 3 atom stereocenters. The number of carbonyl (C=O) groups is 4. The maximum Gasteiger partial charge on any atom is 0.271 e. The van der Waals surface area contributed by atoms with Crippen LogP contribution in [-0.2, 0) is 37.0 Å². The first-order valence-corrected chi connectivity index (χ1v) is 51.7. The van der Waals surface area contributed by atoms with Gasteiger partial charge in [0.15, 0.2) is 11.4 Å². The standard InChI is InChI=1S/C27H33N7O3S.C26H20N8O3S.C22H22Cl2N8O3S.C22H21Cl2N7O4S/c1-3-6-15(2)30-24(28)22-25(36)33-38-26(22)31-18-11-17(13-29-14-18)27(37)34-10-9-19-20(34)12-21(35)32-23(19)16-7-4-5-8-16;1-14-18(26(36)34-7-6-17-19(29-3)9-15(28-2)10-21(17)34)12-30-13-20(14)32-25-22(24(35)33-38-25)23(27)31-11-16-5-4-8-37-16;23-15-6-14-11(18(24)30-15)3-5-32(14)22(35)12-8-26-9-13(17(12)33)29-21-16(20(34)31-36-21)19(25)28-7-10-2-1-4-27-10;23-15-6-14-11(18(24)29-15)3-4-31(14)22(34)12-8-26-9-13(17(12)32)28-21-16(20(33)30-36-21)19(25)27-7-10-2-1-5-35-10/h11-16,31H,3-10H2,1-2H3,(H2,28,30)(H,32,35)(H,33,36);4-5,8-10,12-13,32H,6-7,11H2,1H3,(H2,27,31)(H,33,35);6,8-10,27,29H,1-5,7H2,(H2,25,28)(H,26,33)(H,31,34);6,8-10,28H,1-5,7H2,(H2,25,27)(H,26,32)(H,30,33). The Labute approximate surface area is 877 Å². The lowest BCUT2D eigenvalue weighted by molar-refractivity contribution is 0.0980. The van der Waals surface area contributed by atoms with Gasteiger partial charge in [-0.15, -0.1) is 0 Å². The summed E-state index contributed by atoms with van der Waals surface area (Å²) in [6, 6.07) is 13.2. The van der Waals surface area contributed by atoms with Crippen LogP contribution in [0, 0.1) is 20.1 Å². The molecule has 18 heterocycles. The number of hydrogen-bond acceptors (Lipinski definition) is 30. The van der Waals surface area contributed by atoms with Gasteiger partial charge in [0.1, 0.15) is 114 Å². The summed E-state index contributed by atoms with van der Waals surface area (Å²) >= 11 is 28.5. The maximum absolute atomic E-state index is 13.6. The van der Waals surface area contributed by atoms with E-state index < -0.39 is 39.3 Å². The van der Waals surface area contributed by atoms with Crippen molar-refractivity contribution in [3.63, 3.8) is 0 Å². The topological polar surface area (TPSA) is 608 Å². The van der Waals surface area contributed by atoms with Gasteiger partial charge in [0.05, 0.1) is 97.1 Å². The quantitative estimate of drug-likeness (QED) is 0.0104. The number of carbonyl (C=O) groups excluding carboxylic acids is 4. The Bertz CT molecular complexity index is 7780. The van der Waals surface area contributed by atoms with Crippen LogP contribution in [-0.4, -0.2) is 170 Å². The molecule has 3 unspecified atom stereocenters. The lowest BCUT2D eigenvalue weighted by Crippen LogP contribution is -2.33. The molecule has 1 aliphatic carbocycles. The number of amides is 4. The van der Waals surface area contributed by atoms with Gasteiger partial charge in [0.2, 0.25) is 16.4 Å². The first-order chi connectivity index (χ1) is 71.4. The predicted molar refractivity (Wildman–Crippen MR) is 577 cm³/mol. The highest BCUT2D eigenvalue weighted by atomic mass is 35.5. The zero-order valence-corrected chi connectivity index (χ0v) is 85.7. The van der Waals surface area contributed by atoms with E-state index in [2.05, 4.69) is 116 Å². The summed E-state index contributed by atoms with van der Waals surface area (Å²) in [7, 11) is 0. The number of aliphatic imine (C=N–C) groups is 4. The number of aromatic amines is 7. The zero-order chi connectivity index (χ0) is 104. The molecule has 0 bridgehead atoms.